The van der Waals surface area contributed by atoms with E-state index in [1.165, 1.54) is 10.7 Å². The van der Waals surface area contributed by atoms with Crippen molar-refractivity contribution < 1.29 is 19.1 Å². The van der Waals surface area contributed by atoms with Gasteiger partial charge in [-0.2, -0.15) is 0 Å². The first-order valence-corrected chi connectivity index (χ1v) is 7.54. The first-order valence-electron chi connectivity index (χ1n) is 7.54. The molecule has 1 heterocycles. The first kappa shape index (κ1) is 17.6. The van der Waals surface area contributed by atoms with Crippen LogP contribution in [-0.2, 0) is 4.79 Å². The second-order valence-electron chi connectivity index (χ2n) is 5.78. The third kappa shape index (κ3) is 3.95. The number of hydrogen-bond acceptors (Lipinski definition) is 4. The predicted octanol–water partition coefficient (Wildman–Crippen LogP) is 2.12. The quantitative estimate of drug-likeness (QED) is 0.843. The Bertz CT molecular complexity index is 758. The molecule has 7 nitrogen and oxygen atoms in total. The number of amides is 1. The third-order valence-electron chi connectivity index (χ3n) is 3.29. The van der Waals surface area contributed by atoms with Gasteiger partial charge >= 0.3 is 5.97 Å². The summed E-state index contributed by atoms with van der Waals surface area (Å²) in [4.78, 5) is 27.1. The van der Waals surface area contributed by atoms with Crippen molar-refractivity contribution in [1.82, 2.24) is 20.1 Å². The maximum atomic E-state index is 14.0. The van der Waals surface area contributed by atoms with Gasteiger partial charge in [0, 0.05) is 12.0 Å². The average molecular weight is 334 g/mol. The minimum Gasteiger partial charge on any atom is -0.481 e. The van der Waals surface area contributed by atoms with Gasteiger partial charge < -0.3 is 10.4 Å². The van der Waals surface area contributed by atoms with Gasteiger partial charge in [-0.05, 0) is 19.1 Å². The molecule has 128 valence electrons. The van der Waals surface area contributed by atoms with Crippen molar-refractivity contribution in [2.75, 3.05) is 0 Å². The fourth-order valence-electron chi connectivity index (χ4n) is 2.20. The maximum Gasteiger partial charge on any atom is 0.305 e. The Labute approximate surface area is 138 Å². The van der Waals surface area contributed by atoms with E-state index in [2.05, 4.69) is 15.4 Å². The lowest BCUT2D eigenvalue weighted by Gasteiger charge is -2.09. The highest BCUT2D eigenvalue weighted by atomic mass is 19.1. The van der Waals surface area contributed by atoms with E-state index in [1.54, 1.807) is 25.1 Å². The Kier molecular flexibility index (Phi) is 5.28. The normalized spacial score (nSPS) is 12.2. The van der Waals surface area contributed by atoms with E-state index in [1.807, 2.05) is 13.8 Å². The number of carboxylic acid groups (broad SMARTS) is 1. The molecule has 0 spiro atoms. The summed E-state index contributed by atoms with van der Waals surface area (Å²) in [5, 5.41) is 15.4. The topological polar surface area (TPSA) is 97.1 Å². The zero-order valence-corrected chi connectivity index (χ0v) is 13.7. The third-order valence-corrected chi connectivity index (χ3v) is 3.29. The number of nitrogens with one attached hydrogen (secondary N) is 1. The van der Waals surface area contributed by atoms with Crippen molar-refractivity contribution in [2.24, 2.45) is 0 Å². The van der Waals surface area contributed by atoms with E-state index in [9.17, 15) is 14.0 Å². The minimum absolute atomic E-state index is 0.0879. The highest BCUT2D eigenvalue weighted by molar-refractivity contribution is 5.90. The van der Waals surface area contributed by atoms with Gasteiger partial charge in [0.2, 0.25) is 5.82 Å². The molecular formula is C16H19FN4O3. The Morgan fingerprint density at radius 2 is 1.96 bits per heavy atom. The summed E-state index contributed by atoms with van der Waals surface area (Å²) in [6.45, 7) is 5.29. The van der Waals surface area contributed by atoms with Gasteiger partial charge in [0.05, 0.1) is 6.42 Å². The van der Waals surface area contributed by atoms with Gasteiger partial charge in [-0.15, -0.1) is 5.10 Å². The highest BCUT2D eigenvalue weighted by Crippen LogP contribution is 2.19. The Balaban J connectivity index is 2.33. The van der Waals surface area contributed by atoms with Gasteiger partial charge in [-0.25, -0.2) is 14.1 Å². The molecule has 1 atom stereocenters. The van der Waals surface area contributed by atoms with Crippen LogP contribution < -0.4 is 5.32 Å². The molecule has 0 fully saturated rings. The van der Waals surface area contributed by atoms with E-state index < -0.39 is 23.7 Å². The van der Waals surface area contributed by atoms with E-state index in [0.29, 0.717) is 5.82 Å². The van der Waals surface area contributed by atoms with Crippen LogP contribution in [0.5, 0.6) is 0 Å². The molecular weight excluding hydrogens is 315 g/mol. The second-order valence-corrected chi connectivity index (χ2v) is 5.78. The molecule has 0 aliphatic carbocycles. The molecule has 1 amide bonds. The number of hydrogen-bond donors (Lipinski definition) is 2. The average Bonchev–Trinajstić information content (AvgIpc) is 2.92. The molecule has 1 unspecified atom stereocenters. The van der Waals surface area contributed by atoms with Crippen molar-refractivity contribution in [3.8, 4) is 5.69 Å². The zero-order valence-electron chi connectivity index (χ0n) is 13.7. The summed E-state index contributed by atoms with van der Waals surface area (Å²) in [7, 11) is 0. The van der Waals surface area contributed by atoms with E-state index in [-0.39, 0.29) is 23.9 Å². The van der Waals surface area contributed by atoms with E-state index >= 15 is 0 Å². The molecule has 2 rings (SSSR count). The second kappa shape index (κ2) is 7.20. The lowest BCUT2D eigenvalue weighted by atomic mass is 10.2. The molecule has 1 aromatic carbocycles. The van der Waals surface area contributed by atoms with Crippen LogP contribution in [0.15, 0.2) is 24.3 Å². The van der Waals surface area contributed by atoms with Crippen LogP contribution in [0.25, 0.3) is 5.69 Å². The van der Waals surface area contributed by atoms with E-state index in [0.717, 1.165) is 0 Å². The molecule has 8 heteroatoms. The van der Waals surface area contributed by atoms with Crippen LogP contribution in [0.3, 0.4) is 0 Å². The minimum atomic E-state index is -1.02. The Hall–Kier alpha value is -2.77. The molecule has 24 heavy (non-hydrogen) atoms. The van der Waals surface area contributed by atoms with Crippen LogP contribution in [0.2, 0.25) is 0 Å². The van der Waals surface area contributed by atoms with Gasteiger partial charge in [0.15, 0.2) is 0 Å². The van der Waals surface area contributed by atoms with Crippen molar-refractivity contribution >= 4 is 11.9 Å². The van der Waals surface area contributed by atoms with Gasteiger partial charge in [0.25, 0.3) is 5.91 Å². The standard InChI is InChI=1S/C16H19FN4O3/c1-9(2)15-19-14(16(24)18-10(3)8-13(22)23)20-21(15)12-7-5-4-6-11(12)17/h4-7,9-10H,8H2,1-3H3,(H,18,24)(H,22,23). The number of carboxylic acids is 1. The summed E-state index contributed by atoms with van der Waals surface area (Å²) in [5.41, 5.74) is 0.200. The summed E-state index contributed by atoms with van der Waals surface area (Å²) in [5.74, 6) is -1.86. The van der Waals surface area contributed by atoms with Crippen molar-refractivity contribution in [2.45, 2.75) is 39.2 Å². The number of benzene rings is 1. The summed E-state index contributed by atoms with van der Waals surface area (Å²) in [6, 6.07) is 5.50. The number of carbonyl (C=O) groups is 2. The highest BCUT2D eigenvalue weighted by Gasteiger charge is 2.22. The van der Waals surface area contributed by atoms with Crippen LogP contribution >= 0.6 is 0 Å². The molecule has 2 N–H and O–H groups in total. The molecule has 0 saturated heterocycles. The van der Waals surface area contributed by atoms with Crippen LogP contribution in [0, 0.1) is 5.82 Å². The lowest BCUT2D eigenvalue weighted by Crippen LogP contribution is -2.34. The number of carbonyl (C=O) groups excluding carboxylic acids is 1. The number of aliphatic carboxylic acids is 1. The van der Waals surface area contributed by atoms with Crippen molar-refractivity contribution in [3.63, 3.8) is 0 Å². The monoisotopic (exact) mass is 334 g/mol. The summed E-state index contributed by atoms with van der Waals surface area (Å²) < 4.78 is 15.3. The fourth-order valence-corrected chi connectivity index (χ4v) is 2.20. The number of halogens is 1. The smallest absolute Gasteiger partial charge is 0.305 e. The number of aromatic nitrogens is 3. The molecule has 0 saturated carbocycles. The predicted molar refractivity (Wildman–Crippen MR) is 84.6 cm³/mol. The van der Waals surface area contributed by atoms with E-state index in [4.69, 9.17) is 5.11 Å². The maximum absolute atomic E-state index is 14.0. The largest absolute Gasteiger partial charge is 0.481 e. The Morgan fingerprint density at radius 3 is 2.54 bits per heavy atom. The molecule has 0 aliphatic rings. The van der Waals surface area contributed by atoms with Crippen LogP contribution in [0.4, 0.5) is 4.39 Å². The molecule has 0 radical (unpaired) electrons. The zero-order chi connectivity index (χ0) is 17.9. The van der Waals surface area contributed by atoms with Gasteiger partial charge in [-0.3, -0.25) is 9.59 Å². The van der Waals surface area contributed by atoms with Gasteiger partial charge in [0.1, 0.15) is 17.3 Å². The SMILES string of the molecule is CC(CC(=O)O)NC(=O)c1nc(C(C)C)n(-c2ccccc2F)n1. The summed E-state index contributed by atoms with van der Waals surface area (Å²) in [6.07, 6.45) is -0.212. The molecule has 1 aromatic heterocycles. The van der Waals surface area contributed by atoms with Crippen LogP contribution in [0.1, 0.15) is 49.6 Å². The Morgan fingerprint density at radius 1 is 1.29 bits per heavy atom. The lowest BCUT2D eigenvalue weighted by molar-refractivity contribution is -0.137. The molecule has 0 aliphatic heterocycles. The summed E-state index contributed by atoms with van der Waals surface area (Å²) >= 11 is 0. The van der Waals surface area contributed by atoms with Crippen molar-refractivity contribution in [1.29, 1.82) is 0 Å². The molecule has 2 aromatic rings. The molecule has 0 bridgehead atoms. The number of nitrogens with zero attached hydrogens (tertiary/aromatic N) is 3. The van der Waals surface area contributed by atoms with Crippen molar-refractivity contribution in [3.05, 3.63) is 41.7 Å². The fraction of sp³-hybridized carbons (Fsp3) is 0.375. The first-order chi connectivity index (χ1) is 11.3. The van der Waals surface area contributed by atoms with Crippen LogP contribution in [-0.4, -0.2) is 37.8 Å². The van der Waals surface area contributed by atoms with Gasteiger partial charge in [-0.1, -0.05) is 26.0 Å². The number of rotatable bonds is 6. The number of para-hydroxylation sites is 1.